The summed E-state index contributed by atoms with van der Waals surface area (Å²) < 4.78 is 30.3. The van der Waals surface area contributed by atoms with E-state index in [4.69, 9.17) is 0 Å². The fraction of sp³-hybridized carbons (Fsp3) is 0.429. The lowest BCUT2D eigenvalue weighted by atomic mass is 10.1. The lowest BCUT2D eigenvalue weighted by Gasteiger charge is -2.09. The van der Waals surface area contributed by atoms with Crippen molar-refractivity contribution in [2.45, 2.75) is 25.2 Å². The Morgan fingerprint density at radius 3 is 2.27 bits per heavy atom. The summed E-state index contributed by atoms with van der Waals surface area (Å²) in [5, 5.41) is 2.68. The minimum atomic E-state index is -3.79. The van der Waals surface area contributed by atoms with Crippen molar-refractivity contribution in [2.75, 3.05) is 19.0 Å². The van der Waals surface area contributed by atoms with Gasteiger partial charge in [-0.2, -0.15) is 4.72 Å². The van der Waals surface area contributed by atoms with Gasteiger partial charge in [0, 0.05) is 12.1 Å². The average Bonchev–Trinajstić information content (AvgIpc) is 2.44. The van der Waals surface area contributed by atoms with Crippen molar-refractivity contribution in [1.29, 1.82) is 0 Å². The maximum atomic E-state index is 11.9. The van der Waals surface area contributed by atoms with Crippen LogP contribution in [0.25, 0.3) is 0 Å². The Labute approximate surface area is 130 Å². The summed E-state index contributed by atoms with van der Waals surface area (Å²) >= 11 is 0. The summed E-state index contributed by atoms with van der Waals surface area (Å²) in [5.41, 5.74) is 0.512. The number of rotatable bonds is 7. The van der Waals surface area contributed by atoms with Gasteiger partial charge in [0.1, 0.15) is 6.54 Å². The van der Waals surface area contributed by atoms with Crippen molar-refractivity contribution >= 4 is 27.6 Å². The Kier molecular flexibility index (Phi) is 6.51. The van der Waals surface area contributed by atoms with Crippen LogP contribution >= 0.6 is 0 Å². The van der Waals surface area contributed by atoms with Gasteiger partial charge in [0.05, 0.1) is 12.0 Å². The summed E-state index contributed by atoms with van der Waals surface area (Å²) in [6.07, 6.45) is 0.390. The molecule has 0 fully saturated rings. The fourth-order valence-corrected chi connectivity index (χ4v) is 2.58. The Balaban J connectivity index is 2.71. The van der Waals surface area contributed by atoms with Gasteiger partial charge in [0.2, 0.25) is 15.9 Å². The highest BCUT2D eigenvalue weighted by Gasteiger charge is 2.15. The molecule has 0 aliphatic heterocycles. The molecule has 0 bridgehead atoms. The molecule has 22 heavy (non-hydrogen) atoms. The van der Waals surface area contributed by atoms with E-state index in [1.54, 1.807) is 0 Å². The second-order valence-electron chi connectivity index (χ2n) is 5.07. The quantitative estimate of drug-likeness (QED) is 0.730. The number of anilines is 1. The Bertz CT molecular complexity index is 623. The number of hydrogen-bond acceptors (Lipinski definition) is 5. The van der Waals surface area contributed by atoms with Gasteiger partial charge in [0.25, 0.3) is 0 Å². The van der Waals surface area contributed by atoms with Gasteiger partial charge >= 0.3 is 5.97 Å². The molecule has 0 spiro atoms. The molecule has 1 amide bonds. The molecule has 1 rings (SSSR count). The highest BCUT2D eigenvalue weighted by molar-refractivity contribution is 7.89. The Morgan fingerprint density at radius 1 is 1.18 bits per heavy atom. The number of hydrogen-bond donors (Lipinski definition) is 2. The molecule has 1 aromatic carbocycles. The number of esters is 1. The highest BCUT2D eigenvalue weighted by atomic mass is 32.2. The van der Waals surface area contributed by atoms with Crippen molar-refractivity contribution in [3.8, 4) is 0 Å². The van der Waals surface area contributed by atoms with Crippen LogP contribution in [0.2, 0.25) is 0 Å². The number of nitrogens with one attached hydrogen (secondary N) is 2. The smallest absolute Gasteiger partial charge is 0.320 e. The molecule has 1 aromatic rings. The van der Waals surface area contributed by atoms with E-state index in [-0.39, 0.29) is 16.7 Å². The van der Waals surface area contributed by atoms with Gasteiger partial charge in [-0.25, -0.2) is 8.42 Å². The van der Waals surface area contributed by atoms with Gasteiger partial charge in [-0.3, -0.25) is 9.59 Å². The number of methoxy groups -OCH3 is 1. The first-order valence-electron chi connectivity index (χ1n) is 6.71. The average molecular weight is 328 g/mol. The first-order valence-corrected chi connectivity index (χ1v) is 8.19. The van der Waals surface area contributed by atoms with E-state index in [0.29, 0.717) is 12.1 Å². The summed E-state index contributed by atoms with van der Waals surface area (Å²) in [5.74, 6) is -0.572. The molecule has 2 N–H and O–H groups in total. The van der Waals surface area contributed by atoms with Crippen LogP contribution in [-0.4, -0.2) is 33.9 Å². The molecule has 0 saturated carbocycles. The van der Waals surface area contributed by atoms with Gasteiger partial charge in [0.15, 0.2) is 0 Å². The van der Waals surface area contributed by atoms with E-state index < -0.39 is 22.5 Å². The SMILES string of the molecule is COC(=O)CNS(=O)(=O)c1ccc(NC(=O)CC(C)C)cc1. The lowest BCUT2D eigenvalue weighted by molar-refractivity contribution is -0.139. The second kappa shape index (κ2) is 7.90. The minimum absolute atomic E-state index is 0.00161. The maximum Gasteiger partial charge on any atom is 0.320 e. The van der Waals surface area contributed by atoms with Crippen molar-refractivity contribution < 1.29 is 22.7 Å². The van der Waals surface area contributed by atoms with E-state index in [9.17, 15) is 18.0 Å². The summed E-state index contributed by atoms with van der Waals surface area (Å²) in [6, 6.07) is 5.69. The van der Waals surface area contributed by atoms with Gasteiger partial charge in [-0.05, 0) is 30.2 Å². The van der Waals surface area contributed by atoms with E-state index in [1.165, 1.54) is 31.4 Å². The van der Waals surface area contributed by atoms with Crippen LogP contribution in [0.1, 0.15) is 20.3 Å². The van der Waals surface area contributed by atoms with Crippen LogP contribution in [-0.2, 0) is 24.3 Å². The first-order chi connectivity index (χ1) is 10.2. The molecule has 0 aromatic heterocycles. The molecule has 7 nitrogen and oxygen atoms in total. The number of ether oxygens (including phenoxy) is 1. The number of carbonyl (C=O) groups is 2. The third kappa shape index (κ3) is 5.82. The van der Waals surface area contributed by atoms with Crippen molar-refractivity contribution in [3.05, 3.63) is 24.3 Å². The lowest BCUT2D eigenvalue weighted by Crippen LogP contribution is -2.30. The topological polar surface area (TPSA) is 102 Å². The third-order valence-corrected chi connectivity index (χ3v) is 4.09. The van der Waals surface area contributed by atoms with E-state index in [0.717, 1.165) is 0 Å². The van der Waals surface area contributed by atoms with E-state index in [2.05, 4.69) is 14.8 Å². The predicted molar refractivity (Wildman–Crippen MR) is 81.7 cm³/mol. The van der Waals surface area contributed by atoms with Gasteiger partial charge in [-0.15, -0.1) is 0 Å². The predicted octanol–water partition coefficient (Wildman–Crippen LogP) is 1.12. The monoisotopic (exact) mass is 328 g/mol. The molecular weight excluding hydrogens is 308 g/mol. The zero-order valence-electron chi connectivity index (χ0n) is 12.8. The van der Waals surface area contributed by atoms with E-state index in [1.807, 2.05) is 13.8 Å². The first kappa shape index (κ1) is 18.1. The zero-order chi connectivity index (χ0) is 16.8. The molecule has 0 heterocycles. The van der Waals surface area contributed by atoms with Crippen LogP contribution in [0.3, 0.4) is 0 Å². The third-order valence-electron chi connectivity index (χ3n) is 2.68. The fourth-order valence-electron chi connectivity index (χ4n) is 1.61. The molecule has 0 aliphatic rings. The molecule has 8 heteroatoms. The highest BCUT2D eigenvalue weighted by Crippen LogP contribution is 2.14. The summed E-state index contributed by atoms with van der Waals surface area (Å²) in [7, 11) is -2.62. The molecule has 0 radical (unpaired) electrons. The maximum absolute atomic E-state index is 11.9. The molecule has 0 saturated heterocycles. The van der Waals surface area contributed by atoms with Crippen molar-refractivity contribution in [1.82, 2.24) is 4.72 Å². The minimum Gasteiger partial charge on any atom is -0.468 e. The largest absolute Gasteiger partial charge is 0.468 e. The number of sulfonamides is 1. The molecule has 0 aliphatic carbocycles. The summed E-state index contributed by atoms with van der Waals surface area (Å²) in [4.78, 5) is 22.6. The second-order valence-corrected chi connectivity index (χ2v) is 6.84. The van der Waals surface area contributed by atoms with Crippen LogP contribution in [0.15, 0.2) is 29.2 Å². The van der Waals surface area contributed by atoms with Crippen molar-refractivity contribution in [2.24, 2.45) is 5.92 Å². The van der Waals surface area contributed by atoms with Crippen molar-refractivity contribution in [3.63, 3.8) is 0 Å². The molecule has 122 valence electrons. The van der Waals surface area contributed by atoms with Crippen LogP contribution in [0.4, 0.5) is 5.69 Å². The Hall–Kier alpha value is -1.93. The molecule has 0 atom stereocenters. The zero-order valence-corrected chi connectivity index (χ0v) is 13.6. The number of benzene rings is 1. The number of carbonyl (C=O) groups excluding carboxylic acids is 2. The van der Waals surface area contributed by atoms with Gasteiger partial charge < -0.3 is 10.1 Å². The van der Waals surface area contributed by atoms with Crippen LogP contribution < -0.4 is 10.0 Å². The van der Waals surface area contributed by atoms with Crippen LogP contribution in [0.5, 0.6) is 0 Å². The molecular formula is C14H20N2O5S. The number of amides is 1. The standard InChI is InChI=1S/C14H20N2O5S/c1-10(2)8-13(17)16-11-4-6-12(7-5-11)22(19,20)15-9-14(18)21-3/h4-7,10,15H,8-9H2,1-3H3,(H,16,17). The van der Waals surface area contributed by atoms with Gasteiger partial charge in [-0.1, -0.05) is 13.8 Å². The Morgan fingerprint density at radius 2 is 1.77 bits per heavy atom. The molecule has 0 unspecified atom stereocenters. The summed E-state index contributed by atoms with van der Waals surface area (Å²) in [6.45, 7) is 3.43. The van der Waals surface area contributed by atoms with E-state index >= 15 is 0 Å². The normalized spacial score (nSPS) is 11.3. The van der Waals surface area contributed by atoms with Crippen LogP contribution in [0, 0.1) is 5.92 Å².